The molecule has 0 saturated carbocycles. The Kier molecular flexibility index (Phi) is 4.54. The molecular weight excluding hydrogens is 334 g/mol. The van der Waals surface area contributed by atoms with Gasteiger partial charge in [-0.1, -0.05) is 0 Å². The van der Waals surface area contributed by atoms with Gasteiger partial charge < -0.3 is 4.74 Å². The van der Waals surface area contributed by atoms with Crippen molar-refractivity contribution in [1.82, 2.24) is 17.6 Å². The smallest absolute Gasteiger partial charge is 0.309 e. The van der Waals surface area contributed by atoms with Crippen LogP contribution in [0.2, 0.25) is 0 Å². The molecule has 1 saturated heterocycles. The zero-order chi connectivity index (χ0) is 16.5. The Hall–Kier alpha value is -1.52. The third-order valence-electron chi connectivity index (χ3n) is 3.04. The molecule has 0 bridgehead atoms. The van der Waals surface area contributed by atoms with Gasteiger partial charge in [0.25, 0.3) is 10.0 Å². The summed E-state index contributed by atoms with van der Waals surface area (Å²) in [5.74, 6) is -0.513. The molecule has 1 aromatic heterocycles. The molecule has 2 rings (SSSR count). The van der Waals surface area contributed by atoms with Gasteiger partial charge >= 0.3 is 10.2 Å². The highest BCUT2D eigenvalue weighted by molar-refractivity contribution is 7.89. The van der Waals surface area contributed by atoms with Crippen molar-refractivity contribution in [2.45, 2.75) is 5.03 Å². The quantitative estimate of drug-likeness (QED) is 0.643. The van der Waals surface area contributed by atoms with E-state index in [2.05, 4.69) is 4.98 Å². The minimum atomic E-state index is -4.03. The van der Waals surface area contributed by atoms with Gasteiger partial charge in [-0.15, -0.1) is 0 Å². The number of nitrogens with zero attached hydrogens (tertiary/aromatic N) is 5. The van der Waals surface area contributed by atoms with Crippen LogP contribution in [-0.2, 0) is 25.0 Å². The number of nitriles is 1. The van der Waals surface area contributed by atoms with E-state index in [1.165, 1.54) is 14.1 Å². The summed E-state index contributed by atoms with van der Waals surface area (Å²) in [5.41, 5.74) is 0. The van der Waals surface area contributed by atoms with Crippen molar-refractivity contribution in [2.24, 2.45) is 0 Å². The minimum Gasteiger partial charge on any atom is -0.379 e. The predicted molar refractivity (Wildman–Crippen MR) is 74.5 cm³/mol. The van der Waals surface area contributed by atoms with Crippen LogP contribution in [0.25, 0.3) is 0 Å². The summed E-state index contributed by atoms with van der Waals surface area (Å²) in [7, 11) is -5.46. The third-order valence-corrected chi connectivity index (χ3v) is 6.51. The minimum absolute atomic E-state index is 0.150. The molecule has 22 heavy (non-hydrogen) atoms. The Bertz CT molecular complexity index is 799. The molecule has 0 N–H and O–H groups in total. The van der Waals surface area contributed by atoms with E-state index in [1.807, 2.05) is 0 Å². The molecule has 0 unspecified atom stereocenters. The molecule has 1 aliphatic heterocycles. The second-order valence-electron chi connectivity index (χ2n) is 4.62. The van der Waals surface area contributed by atoms with Gasteiger partial charge in [-0.25, -0.2) is 17.4 Å². The molecule has 12 heteroatoms. The zero-order valence-electron chi connectivity index (χ0n) is 12.0. The highest BCUT2D eigenvalue weighted by Crippen LogP contribution is 2.18. The molecule has 1 aromatic rings. The molecule has 2 heterocycles. The molecule has 0 radical (unpaired) electrons. The van der Waals surface area contributed by atoms with E-state index < -0.39 is 31.1 Å². The lowest BCUT2D eigenvalue weighted by Crippen LogP contribution is -2.40. The van der Waals surface area contributed by atoms with E-state index in [4.69, 9.17) is 10.00 Å². The molecule has 0 aromatic carbocycles. The Morgan fingerprint density at radius 2 is 1.86 bits per heavy atom. The summed E-state index contributed by atoms with van der Waals surface area (Å²) >= 11 is 0. The van der Waals surface area contributed by atoms with E-state index in [9.17, 15) is 16.8 Å². The van der Waals surface area contributed by atoms with Crippen LogP contribution in [0.15, 0.2) is 11.2 Å². The maximum Gasteiger partial charge on any atom is 0.309 e. The van der Waals surface area contributed by atoms with Gasteiger partial charge in [0.2, 0.25) is 5.82 Å². The second-order valence-corrected chi connectivity index (χ2v) is 8.52. The number of imidazole rings is 1. The summed E-state index contributed by atoms with van der Waals surface area (Å²) in [5, 5.41) is 8.53. The average Bonchev–Trinajstić information content (AvgIpc) is 2.93. The molecule has 0 spiro atoms. The van der Waals surface area contributed by atoms with Crippen LogP contribution in [0, 0.1) is 11.3 Å². The van der Waals surface area contributed by atoms with Gasteiger partial charge in [0.1, 0.15) is 6.07 Å². The molecule has 0 amide bonds. The zero-order valence-corrected chi connectivity index (χ0v) is 13.6. The fourth-order valence-corrected chi connectivity index (χ4v) is 4.10. The van der Waals surface area contributed by atoms with Gasteiger partial charge in [-0.2, -0.15) is 22.3 Å². The number of hydrogen-bond acceptors (Lipinski definition) is 7. The maximum atomic E-state index is 12.4. The van der Waals surface area contributed by atoms with E-state index in [1.54, 1.807) is 6.07 Å². The molecular formula is C10H15N5O5S2. The second kappa shape index (κ2) is 5.94. The summed E-state index contributed by atoms with van der Waals surface area (Å²) in [4.78, 5) is 3.65. The fourth-order valence-electron chi connectivity index (χ4n) is 1.81. The molecule has 1 aliphatic rings. The highest BCUT2D eigenvalue weighted by atomic mass is 32.2. The lowest BCUT2D eigenvalue weighted by atomic mass is 10.5. The Balaban J connectivity index is 2.51. The van der Waals surface area contributed by atoms with Crippen LogP contribution in [0.4, 0.5) is 0 Å². The molecule has 122 valence electrons. The Morgan fingerprint density at radius 1 is 1.27 bits per heavy atom. The molecule has 0 aliphatic carbocycles. The van der Waals surface area contributed by atoms with E-state index in [0.717, 1.165) is 14.8 Å². The van der Waals surface area contributed by atoms with Gasteiger partial charge in [-0.05, 0) is 0 Å². The normalized spacial score (nSPS) is 17.5. The number of ether oxygens (including phenoxy) is 1. The predicted octanol–water partition coefficient (Wildman–Crippen LogP) is -1.57. The van der Waals surface area contributed by atoms with Crippen molar-refractivity contribution in [2.75, 3.05) is 40.4 Å². The fraction of sp³-hybridized carbons (Fsp3) is 0.600. The van der Waals surface area contributed by atoms with Crippen LogP contribution in [0.1, 0.15) is 5.82 Å². The average molecular weight is 349 g/mol. The Morgan fingerprint density at radius 3 is 2.36 bits per heavy atom. The number of aromatic nitrogens is 2. The van der Waals surface area contributed by atoms with Gasteiger partial charge in [-0.3, -0.25) is 0 Å². The first-order valence-corrected chi connectivity index (χ1v) is 9.05. The van der Waals surface area contributed by atoms with Gasteiger partial charge in [0.05, 0.1) is 19.4 Å². The van der Waals surface area contributed by atoms with E-state index >= 15 is 0 Å². The first kappa shape index (κ1) is 16.8. The van der Waals surface area contributed by atoms with Crippen LogP contribution in [0.3, 0.4) is 0 Å². The number of morpholine rings is 1. The summed E-state index contributed by atoms with van der Waals surface area (Å²) in [6.07, 6.45) is 0.846. The van der Waals surface area contributed by atoms with Crippen molar-refractivity contribution in [1.29, 1.82) is 5.26 Å². The monoisotopic (exact) mass is 349 g/mol. The van der Waals surface area contributed by atoms with Crippen molar-refractivity contribution in [3.63, 3.8) is 0 Å². The molecule has 0 atom stereocenters. The summed E-state index contributed by atoms with van der Waals surface area (Å²) < 4.78 is 56.7. The number of rotatable bonds is 4. The maximum absolute atomic E-state index is 12.4. The molecule has 10 nitrogen and oxygen atoms in total. The summed E-state index contributed by atoms with van der Waals surface area (Å²) in [6, 6.07) is 1.59. The summed E-state index contributed by atoms with van der Waals surface area (Å²) in [6.45, 7) is 0.803. The number of hydrogen-bond donors (Lipinski definition) is 0. The van der Waals surface area contributed by atoms with E-state index in [0.29, 0.717) is 3.97 Å². The molecule has 1 fully saturated rings. The van der Waals surface area contributed by atoms with E-state index in [-0.39, 0.29) is 26.3 Å². The van der Waals surface area contributed by atoms with Crippen molar-refractivity contribution < 1.29 is 21.6 Å². The van der Waals surface area contributed by atoms with Crippen LogP contribution in [0.5, 0.6) is 0 Å². The first-order chi connectivity index (χ1) is 10.2. The van der Waals surface area contributed by atoms with Crippen LogP contribution in [-0.4, -0.2) is 74.8 Å². The largest absolute Gasteiger partial charge is 0.379 e. The van der Waals surface area contributed by atoms with Crippen molar-refractivity contribution in [3.8, 4) is 6.07 Å². The van der Waals surface area contributed by atoms with Crippen molar-refractivity contribution in [3.05, 3.63) is 12.0 Å². The standard InChI is InChI=1S/C10H15N5O5S2/c1-13(2)22(18,19)15-8-10(12-9(15)7-11)21(16,17)14-3-5-20-6-4-14/h8H,3-6H2,1-2H3. The first-order valence-electron chi connectivity index (χ1n) is 6.21. The van der Waals surface area contributed by atoms with Crippen LogP contribution >= 0.6 is 0 Å². The Labute approximate surface area is 128 Å². The number of sulfonamides is 1. The van der Waals surface area contributed by atoms with Crippen molar-refractivity contribution >= 4 is 20.2 Å². The lowest BCUT2D eigenvalue weighted by molar-refractivity contribution is 0.0729. The van der Waals surface area contributed by atoms with Gasteiger partial charge in [0.15, 0.2) is 5.03 Å². The van der Waals surface area contributed by atoms with Gasteiger partial charge in [0, 0.05) is 27.2 Å². The SMILES string of the molecule is CN(C)S(=O)(=O)n1cc(S(=O)(=O)N2CCOCC2)nc1C#N. The highest BCUT2D eigenvalue weighted by Gasteiger charge is 2.32. The van der Waals surface area contributed by atoms with Crippen LogP contribution < -0.4 is 0 Å². The third kappa shape index (κ3) is 2.85. The lowest BCUT2D eigenvalue weighted by Gasteiger charge is -2.24. The topological polar surface area (TPSA) is 126 Å².